The van der Waals surface area contributed by atoms with Crippen LogP contribution in [0.4, 0.5) is 5.13 Å². The average Bonchev–Trinajstić information content (AvgIpc) is 2.49. The number of hydrogen-bond donors (Lipinski definition) is 2. The van der Waals surface area contributed by atoms with Crippen LogP contribution >= 0.6 is 23.7 Å². The molecule has 6 heteroatoms. The van der Waals surface area contributed by atoms with E-state index in [4.69, 9.17) is 5.73 Å². The number of anilines is 1. The third kappa shape index (κ3) is 3.59. The van der Waals surface area contributed by atoms with Gasteiger partial charge >= 0.3 is 0 Å². The molecule has 2 rings (SSSR count). The molecule has 2 heterocycles. The normalized spacial score (nSPS) is 20.4. The maximum absolute atomic E-state index is 5.61. The Labute approximate surface area is 107 Å². The molecule has 1 aromatic heterocycles. The van der Waals surface area contributed by atoms with Crippen molar-refractivity contribution in [3.8, 4) is 0 Å². The van der Waals surface area contributed by atoms with Gasteiger partial charge in [-0.2, -0.15) is 0 Å². The molecule has 1 aliphatic rings. The van der Waals surface area contributed by atoms with Gasteiger partial charge in [0.25, 0.3) is 0 Å². The number of piperazine rings is 1. The molecule has 0 bridgehead atoms. The number of nitrogen functional groups attached to an aromatic ring is 1. The fourth-order valence-corrected chi connectivity index (χ4v) is 2.72. The van der Waals surface area contributed by atoms with Gasteiger partial charge in [-0.1, -0.05) is 0 Å². The number of hydrogen-bond acceptors (Lipinski definition) is 5. The highest BCUT2D eigenvalue weighted by Crippen LogP contribution is 2.19. The van der Waals surface area contributed by atoms with Gasteiger partial charge in [-0.3, -0.25) is 4.90 Å². The number of thiazole rings is 1. The van der Waals surface area contributed by atoms with Crippen LogP contribution in [0.2, 0.25) is 0 Å². The molecule has 4 nitrogen and oxygen atoms in total. The Balaban J connectivity index is 0.00000128. The van der Waals surface area contributed by atoms with Crippen molar-refractivity contribution in [2.45, 2.75) is 25.9 Å². The van der Waals surface area contributed by atoms with E-state index in [9.17, 15) is 0 Å². The third-order valence-corrected chi connectivity index (χ3v) is 3.41. The SMILES string of the molecule is CC1(C)CN(Cc2cnc(N)s2)CCN1.Cl. The summed E-state index contributed by atoms with van der Waals surface area (Å²) in [5.41, 5.74) is 5.83. The molecule has 0 atom stereocenters. The van der Waals surface area contributed by atoms with Gasteiger partial charge in [0.05, 0.1) is 0 Å². The summed E-state index contributed by atoms with van der Waals surface area (Å²) in [5, 5.41) is 4.17. The third-order valence-electron chi connectivity index (χ3n) is 2.60. The summed E-state index contributed by atoms with van der Waals surface area (Å²) in [4.78, 5) is 7.78. The van der Waals surface area contributed by atoms with Gasteiger partial charge in [0.15, 0.2) is 5.13 Å². The number of halogens is 1. The van der Waals surface area contributed by atoms with Crippen LogP contribution in [-0.2, 0) is 6.54 Å². The molecular weight excluding hydrogens is 244 g/mol. The molecule has 0 amide bonds. The van der Waals surface area contributed by atoms with E-state index in [-0.39, 0.29) is 17.9 Å². The summed E-state index contributed by atoms with van der Waals surface area (Å²) in [6.07, 6.45) is 1.88. The molecule has 92 valence electrons. The van der Waals surface area contributed by atoms with E-state index in [0.29, 0.717) is 5.13 Å². The second-order valence-corrected chi connectivity index (χ2v) is 5.83. The van der Waals surface area contributed by atoms with Crippen molar-refractivity contribution >= 4 is 28.9 Å². The molecule has 0 radical (unpaired) electrons. The molecule has 1 aromatic rings. The van der Waals surface area contributed by atoms with Gasteiger partial charge in [-0.25, -0.2) is 4.98 Å². The van der Waals surface area contributed by atoms with E-state index in [1.54, 1.807) is 11.3 Å². The number of rotatable bonds is 2. The molecule has 16 heavy (non-hydrogen) atoms. The van der Waals surface area contributed by atoms with Crippen LogP contribution in [0.1, 0.15) is 18.7 Å². The Hall–Kier alpha value is -0.360. The van der Waals surface area contributed by atoms with Crippen molar-refractivity contribution in [3.05, 3.63) is 11.1 Å². The number of nitrogens with two attached hydrogens (primary N) is 1. The molecule has 0 aliphatic carbocycles. The lowest BCUT2D eigenvalue weighted by Gasteiger charge is -2.38. The van der Waals surface area contributed by atoms with Gasteiger partial charge in [0.1, 0.15) is 0 Å². The van der Waals surface area contributed by atoms with Crippen LogP contribution in [0.5, 0.6) is 0 Å². The highest BCUT2D eigenvalue weighted by Gasteiger charge is 2.25. The average molecular weight is 263 g/mol. The Bertz CT molecular complexity index is 339. The predicted octanol–water partition coefficient (Wildman–Crippen LogP) is 1.33. The van der Waals surface area contributed by atoms with Crippen LogP contribution in [0.15, 0.2) is 6.20 Å². The first-order chi connectivity index (χ1) is 7.05. The summed E-state index contributed by atoms with van der Waals surface area (Å²) in [6.45, 7) is 8.67. The van der Waals surface area contributed by atoms with Crippen molar-refractivity contribution in [2.75, 3.05) is 25.4 Å². The fraction of sp³-hybridized carbons (Fsp3) is 0.700. The number of aromatic nitrogens is 1. The second-order valence-electron chi connectivity index (χ2n) is 4.69. The highest BCUT2D eigenvalue weighted by molar-refractivity contribution is 7.15. The van der Waals surface area contributed by atoms with Crippen LogP contribution in [0.3, 0.4) is 0 Å². The molecule has 3 N–H and O–H groups in total. The van der Waals surface area contributed by atoms with Gasteiger partial charge < -0.3 is 11.1 Å². The maximum Gasteiger partial charge on any atom is 0.180 e. The Morgan fingerprint density at radius 1 is 1.62 bits per heavy atom. The van der Waals surface area contributed by atoms with Crippen LogP contribution in [0.25, 0.3) is 0 Å². The minimum Gasteiger partial charge on any atom is -0.375 e. The zero-order chi connectivity index (χ0) is 10.9. The molecule has 0 saturated carbocycles. The highest BCUT2D eigenvalue weighted by atomic mass is 35.5. The fourth-order valence-electron chi connectivity index (χ4n) is 2.00. The second kappa shape index (κ2) is 5.31. The van der Waals surface area contributed by atoms with E-state index in [1.165, 1.54) is 4.88 Å². The first kappa shape index (κ1) is 13.7. The summed E-state index contributed by atoms with van der Waals surface area (Å²) < 4.78 is 0. The Morgan fingerprint density at radius 2 is 2.38 bits per heavy atom. The lowest BCUT2D eigenvalue weighted by atomic mass is 10.0. The molecule has 1 aliphatic heterocycles. The van der Waals surface area contributed by atoms with E-state index in [2.05, 4.69) is 29.0 Å². The van der Waals surface area contributed by atoms with Crippen LogP contribution < -0.4 is 11.1 Å². The first-order valence-corrected chi connectivity index (χ1v) is 6.04. The zero-order valence-corrected chi connectivity index (χ0v) is 11.3. The van der Waals surface area contributed by atoms with Gasteiger partial charge in [0, 0.05) is 42.8 Å². The van der Waals surface area contributed by atoms with E-state index >= 15 is 0 Å². The summed E-state index contributed by atoms with van der Waals surface area (Å²) in [5.74, 6) is 0. The maximum atomic E-state index is 5.61. The van der Waals surface area contributed by atoms with Gasteiger partial charge in [0.2, 0.25) is 0 Å². The van der Waals surface area contributed by atoms with Crippen molar-refractivity contribution in [1.29, 1.82) is 0 Å². The van der Waals surface area contributed by atoms with Crippen molar-refractivity contribution < 1.29 is 0 Å². The largest absolute Gasteiger partial charge is 0.375 e. The van der Waals surface area contributed by atoms with E-state index < -0.39 is 0 Å². The predicted molar refractivity (Wildman–Crippen MR) is 71.1 cm³/mol. The van der Waals surface area contributed by atoms with Crippen LogP contribution in [-0.4, -0.2) is 35.1 Å². The molecule has 0 aromatic carbocycles. The smallest absolute Gasteiger partial charge is 0.180 e. The lowest BCUT2D eigenvalue weighted by molar-refractivity contribution is 0.149. The molecule has 0 spiro atoms. The topological polar surface area (TPSA) is 54.2 Å². The summed E-state index contributed by atoms with van der Waals surface area (Å²) >= 11 is 1.59. The van der Waals surface area contributed by atoms with Crippen molar-refractivity contribution in [1.82, 2.24) is 15.2 Å². The Kier molecular flexibility index (Phi) is 4.55. The van der Waals surface area contributed by atoms with Gasteiger partial charge in [-0.05, 0) is 13.8 Å². The van der Waals surface area contributed by atoms with Crippen LogP contribution in [0, 0.1) is 0 Å². The van der Waals surface area contributed by atoms with E-state index in [0.717, 1.165) is 26.2 Å². The minimum atomic E-state index is 0. The molecule has 1 fully saturated rings. The molecule has 0 unspecified atom stereocenters. The minimum absolute atomic E-state index is 0. The standard InChI is InChI=1S/C10H18N4S.ClH/c1-10(2)7-14(4-3-13-10)6-8-5-12-9(11)15-8;/h5,13H,3-4,6-7H2,1-2H3,(H2,11,12);1H. The first-order valence-electron chi connectivity index (χ1n) is 5.23. The monoisotopic (exact) mass is 262 g/mol. The molecule has 1 saturated heterocycles. The quantitative estimate of drug-likeness (QED) is 0.845. The molecular formula is C10H19ClN4S. The number of nitrogens with one attached hydrogen (secondary N) is 1. The number of nitrogens with zero attached hydrogens (tertiary/aromatic N) is 2. The van der Waals surface area contributed by atoms with E-state index in [1.807, 2.05) is 6.20 Å². The Morgan fingerprint density at radius 3 is 2.94 bits per heavy atom. The van der Waals surface area contributed by atoms with Gasteiger partial charge in [-0.15, -0.1) is 23.7 Å². The van der Waals surface area contributed by atoms with Crippen molar-refractivity contribution in [2.24, 2.45) is 0 Å². The zero-order valence-electron chi connectivity index (χ0n) is 9.69. The lowest BCUT2D eigenvalue weighted by Crippen LogP contribution is -2.56. The van der Waals surface area contributed by atoms with Crippen molar-refractivity contribution in [3.63, 3.8) is 0 Å². The summed E-state index contributed by atoms with van der Waals surface area (Å²) in [7, 11) is 0. The summed E-state index contributed by atoms with van der Waals surface area (Å²) in [6, 6.07) is 0.